The fourth-order valence-corrected chi connectivity index (χ4v) is 2.05. The summed E-state index contributed by atoms with van der Waals surface area (Å²) in [6.45, 7) is 2.64. The van der Waals surface area contributed by atoms with Crippen LogP contribution in [0.15, 0.2) is 16.6 Å². The second kappa shape index (κ2) is 5.47. The molecule has 0 aliphatic heterocycles. The molecule has 0 aliphatic rings. The van der Waals surface area contributed by atoms with Crippen LogP contribution in [0.4, 0.5) is 4.39 Å². The topological polar surface area (TPSA) is 26.0 Å². The van der Waals surface area contributed by atoms with Crippen molar-refractivity contribution in [1.82, 2.24) is 0 Å². The average molecular weight is 260 g/mol. The molecule has 3 heteroatoms. The summed E-state index contributed by atoms with van der Waals surface area (Å²) in [5.41, 5.74) is 7.25. The van der Waals surface area contributed by atoms with Crippen LogP contribution in [0.3, 0.4) is 0 Å². The number of rotatable bonds is 4. The Labute approximate surface area is 92.6 Å². The maximum absolute atomic E-state index is 13.5. The van der Waals surface area contributed by atoms with Gasteiger partial charge in [0.2, 0.25) is 0 Å². The Kier molecular flexibility index (Phi) is 4.55. The highest BCUT2D eigenvalue weighted by Crippen LogP contribution is 2.22. The van der Waals surface area contributed by atoms with Crippen LogP contribution < -0.4 is 5.73 Å². The maximum atomic E-state index is 13.5. The quantitative estimate of drug-likeness (QED) is 0.827. The summed E-state index contributed by atoms with van der Waals surface area (Å²) in [6, 6.07) is 3.69. The van der Waals surface area contributed by atoms with Crippen LogP contribution in [0.5, 0.6) is 0 Å². The highest BCUT2D eigenvalue weighted by Gasteiger charge is 2.06. The van der Waals surface area contributed by atoms with Crippen LogP contribution in [0.25, 0.3) is 0 Å². The van der Waals surface area contributed by atoms with E-state index in [4.69, 9.17) is 5.73 Å². The smallest absolute Gasteiger partial charge is 0.140 e. The Balaban J connectivity index is 2.75. The summed E-state index contributed by atoms with van der Waals surface area (Å²) in [5, 5.41) is 0. The number of hydrogen-bond acceptors (Lipinski definition) is 1. The molecule has 0 saturated heterocycles. The van der Waals surface area contributed by atoms with E-state index >= 15 is 0 Å². The fraction of sp³-hybridized carbons (Fsp3) is 0.455. The number of halogens is 2. The van der Waals surface area contributed by atoms with Gasteiger partial charge in [-0.2, -0.15) is 0 Å². The van der Waals surface area contributed by atoms with Crippen LogP contribution in [0, 0.1) is 12.7 Å². The van der Waals surface area contributed by atoms with Crippen LogP contribution in [0.1, 0.15) is 24.0 Å². The number of hydrogen-bond donors (Lipinski definition) is 1. The molecule has 1 aromatic rings. The van der Waals surface area contributed by atoms with Gasteiger partial charge in [0, 0.05) is 0 Å². The molecule has 0 spiro atoms. The first-order chi connectivity index (χ1) is 6.65. The van der Waals surface area contributed by atoms with Gasteiger partial charge >= 0.3 is 0 Å². The van der Waals surface area contributed by atoms with E-state index in [1.165, 1.54) is 0 Å². The van der Waals surface area contributed by atoms with Crippen molar-refractivity contribution in [1.29, 1.82) is 0 Å². The normalized spacial score (nSPS) is 10.6. The van der Waals surface area contributed by atoms with Gasteiger partial charge in [-0.25, -0.2) is 4.39 Å². The summed E-state index contributed by atoms with van der Waals surface area (Å²) in [4.78, 5) is 0. The molecule has 14 heavy (non-hydrogen) atoms. The van der Waals surface area contributed by atoms with Gasteiger partial charge in [-0.3, -0.25) is 0 Å². The molecule has 78 valence electrons. The lowest BCUT2D eigenvalue weighted by Crippen LogP contribution is -2.00. The Bertz CT molecular complexity index is 312. The Morgan fingerprint density at radius 2 is 2.07 bits per heavy atom. The van der Waals surface area contributed by atoms with Gasteiger partial charge in [-0.05, 0) is 65.9 Å². The summed E-state index contributed by atoms with van der Waals surface area (Å²) in [6.07, 6.45) is 2.66. The fourth-order valence-electron chi connectivity index (χ4n) is 1.44. The van der Waals surface area contributed by atoms with Gasteiger partial charge in [0.15, 0.2) is 0 Å². The minimum atomic E-state index is -0.132. The second-order valence-electron chi connectivity index (χ2n) is 3.47. The van der Waals surface area contributed by atoms with Crippen LogP contribution in [0.2, 0.25) is 0 Å². The zero-order valence-corrected chi connectivity index (χ0v) is 9.90. The molecule has 1 rings (SSSR count). The molecule has 1 nitrogen and oxygen atoms in total. The molecule has 1 aromatic carbocycles. The largest absolute Gasteiger partial charge is 0.330 e. The first-order valence-electron chi connectivity index (χ1n) is 4.79. The molecule has 0 radical (unpaired) electrons. The Hall–Kier alpha value is -0.410. The standard InChI is InChI=1S/C11H15BrFN/c1-8-6-9(4-2-3-5-14)11(13)10(12)7-8/h6-7H,2-5,14H2,1H3. The third-order valence-corrected chi connectivity index (χ3v) is 2.73. The van der Waals surface area contributed by atoms with E-state index in [0.29, 0.717) is 11.0 Å². The number of unbranched alkanes of at least 4 members (excludes halogenated alkanes) is 1. The summed E-state index contributed by atoms with van der Waals surface area (Å²) < 4.78 is 14.1. The average Bonchev–Trinajstić information content (AvgIpc) is 2.13. The summed E-state index contributed by atoms with van der Waals surface area (Å²) in [5.74, 6) is -0.132. The van der Waals surface area contributed by atoms with Crippen molar-refractivity contribution >= 4 is 15.9 Å². The molecular formula is C11H15BrFN. The van der Waals surface area contributed by atoms with Crippen molar-refractivity contribution in [3.05, 3.63) is 33.5 Å². The van der Waals surface area contributed by atoms with Crippen molar-refractivity contribution in [2.75, 3.05) is 6.54 Å². The lowest BCUT2D eigenvalue weighted by Gasteiger charge is -2.06. The first kappa shape index (κ1) is 11.7. The van der Waals surface area contributed by atoms with Crippen LogP contribution >= 0.6 is 15.9 Å². The first-order valence-corrected chi connectivity index (χ1v) is 5.59. The SMILES string of the molecule is Cc1cc(Br)c(F)c(CCCCN)c1. The Morgan fingerprint density at radius 3 is 2.71 bits per heavy atom. The predicted molar refractivity (Wildman–Crippen MR) is 60.8 cm³/mol. The molecule has 0 unspecified atom stereocenters. The third kappa shape index (κ3) is 3.07. The van der Waals surface area contributed by atoms with Crippen molar-refractivity contribution < 1.29 is 4.39 Å². The lowest BCUT2D eigenvalue weighted by atomic mass is 10.1. The van der Waals surface area contributed by atoms with E-state index in [1.807, 2.05) is 13.0 Å². The van der Waals surface area contributed by atoms with E-state index in [1.54, 1.807) is 6.07 Å². The van der Waals surface area contributed by atoms with Gasteiger partial charge in [-0.1, -0.05) is 6.07 Å². The molecular weight excluding hydrogens is 245 g/mol. The van der Waals surface area contributed by atoms with E-state index in [0.717, 1.165) is 30.4 Å². The van der Waals surface area contributed by atoms with E-state index in [2.05, 4.69) is 15.9 Å². The lowest BCUT2D eigenvalue weighted by molar-refractivity contribution is 0.594. The van der Waals surface area contributed by atoms with Gasteiger partial charge < -0.3 is 5.73 Å². The van der Waals surface area contributed by atoms with Crippen LogP contribution in [-0.2, 0) is 6.42 Å². The molecule has 0 fully saturated rings. The minimum Gasteiger partial charge on any atom is -0.330 e. The summed E-state index contributed by atoms with van der Waals surface area (Å²) >= 11 is 3.21. The van der Waals surface area contributed by atoms with Crippen molar-refractivity contribution in [2.45, 2.75) is 26.2 Å². The number of benzene rings is 1. The van der Waals surface area contributed by atoms with Gasteiger partial charge in [-0.15, -0.1) is 0 Å². The van der Waals surface area contributed by atoms with Gasteiger partial charge in [0.05, 0.1) is 4.47 Å². The third-order valence-electron chi connectivity index (χ3n) is 2.15. The molecule has 0 atom stereocenters. The zero-order valence-electron chi connectivity index (χ0n) is 8.32. The highest BCUT2D eigenvalue weighted by molar-refractivity contribution is 9.10. The number of aryl methyl sites for hydroxylation is 2. The monoisotopic (exact) mass is 259 g/mol. The maximum Gasteiger partial charge on any atom is 0.140 e. The van der Waals surface area contributed by atoms with Gasteiger partial charge in [0.1, 0.15) is 5.82 Å². The molecule has 2 N–H and O–H groups in total. The zero-order chi connectivity index (χ0) is 10.6. The van der Waals surface area contributed by atoms with Crippen LogP contribution in [-0.4, -0.2) is 6.54 Å². The molecule has 0 amide bonds. The van der Waals surface area contributed by atoms with E-state index in [9.17, 15) is 4.39 Å². The molecule has 0 heterocycles. The van der Waals surface area contributed by atoms with Crippen molar-refractivity contribution in [2.24, 2.45) is 5.73 Å². The van der Waals surface area contributed by atoms with Gasteiger partial charge in [0.25, 0.3) is 0 Å². The summed E-state index contributed by atoms with van der Waals surface area (Å²) in [7, 11) is 0. The van der Waals surface area contributed by atoms with E-state index < -0.39 is 0 Å². The highest BCUT2D eigenvalue weighted by atomic mass is 79.9. The van der Waals surface area contributed by atoms with E-state index in [-0.39, 0.29) is 5.82 Å². The van der Waals surface area contributed by atoms with Crippen molar-refractivity contribution in [3.63, 3.8) is 0 Å². The second-order valence-corrected chi connectivity index (χ2v) is 4.32. The minimum absolute atomic E-state index is 0.132. The van der Waals surface area contributed by atoms with Crippen molar-refractivity contribution in [3.8, 4) is 0 Å². The molecule has 0 aromatic heterocycles. The molecule has 0 saturated carbocycles. The molecule has 0 bridgehead atoms. The molecule has 0 aliphatic carbocycles. The Morgan fingerprint density at radius 1 is 1.36 bits per heavy atom. The number of nitrogens with two attached hydrogens (primary N) is 1. The predicted octanol–water partition coefficient (Wildman–Crippen LogP) is 3.18.